The third-order valence-electron chi connectivity index (χ3n) is 3.79. The smallest absolute Gasteiger partial charge is 1.00 e. The van der Waals surface area contributed by atoms with Crippen molar-refractivity contribution in [3.05, 3.63) is 52.4 Å². The maximum absolute atomic E-state index is 4.66. The average Bonchev–Trinajstić information content (AvgIpc) is 3.02. The van der Waals surface area contributed by atoms with Gasteiger partial charge in [0, 0.05) is 17.1 Å². The zero-order chi connectivity index (χ0) is 16.0. The zero-order valence-corrected chi connectivity index (χ0v) is 18.1. The molecule has 8 heteroatoms. The molecule has 0 N–H and O–H groups in total. The summed E-state index contributed by atoms with van der Waals surface area (Å²) in [7, 11) is -0.226. The molecular formula is C15H22BKN6. The van der Waals surface area contributed by atoms with E-state index in [4.69, 9.17) is 0 Å². The summed E-state index contributed by atoms with van der Waals surface area (Å²) >= 11 is 0. The molecule has 0 radical (unpaired) electrons. The fourth-order valence-corrected chi connectivity index (χ4v) is 2.95. The SMILES string of the molecule is Cc1cc(C)n(B(n2nc(C)cc2C)n2nc(C)cc2C)n1.[H-].[K+]. The maximum Gasteiger partial charge on any atom is 1.00 e. The van der Waals surface area contributed by atoms with Crippen molar-refractivity contribution >= 4 is 7.12 Å². The molecule has 0 aliphatic heterocycles. The molecule has 0 aliphatic rings. The summed E-state index contributed by atoms with van der Waals surface area (Å²) in [5, 5.41) is 14.0. The minimum atomic E-state index is -0.226. The van der Waals surface area contributed by atoms with Gasteiger partial charge in [0.1, 0.15) is 0 Å². The monoisotopic (exact) mass is 336 g/mol. The Morgan fingerprint density at radius 3 is 1.09 bits per heavy atom. The number of aryl methyl sites for hydroxylation is 6. The van der Waals surface area contributed by atoms with Gasteiger partial charge in [-0.2, -0.15) is 15.3 Å². The van der Waals surface area contributed by atoms with E-state index in [0.29, 0.717) is 0 Å². The second kappa shape index (κ2) is 7.06. The van der Waals surface area contributed by atoms with Crippen LogP contribution in [-0.2, 0) is 0 Å². The van der Waals surface area contributed by atoms with Gasteiger partial charge in [-0.15, -0.1) is 0 Å². The van der Waals surface area contributed by atoms with Crippen LogP contribution in [0, 0.1) is 41.5 Å². The molecule has 3 rings (SSSR count). The van der Waals surface area contributed by atoms with Crippen LogP contribution in [0.15, 0.2) is 18.2 Å². The third kappa shape index (κ3) is 3.56. The number of rotatable bonds is 3. The van der Waals surface area contributed by atoms with Crippen LogP contribution in [0.3, 0.4) is 0 Å². The van der Waals surface area contributed by atoms with Gasteiger partial charge in [0.05, 0.1) is 17.1 Å². The molecule has 0 bridgehead atoms. The van der Waals surface area contributed by atoms with Crippen LogP contribution < -0.4 is 51.4 Å². The number of hydrogen-bond acceptors (Lipinski definition) is 3. The van der Waals surface area contributed by atoms with Crippen LogP contribution in [0.25, 0.3) is 0 Å². The second-order valence-electron chi connectivity index (χ2n) is 5.96. The summed E-state index contributed by atoms with van der Waals surface area (Å²) in [6.07, 6.45) is 0. The average molecular weight is 336 g/mol. The van der Waals surface area contributed by atoms with Crippen LogP contribution >= 0.6 is 0 Å². The van der Waals surface area contributed by atoms with E-state index in [2.05, 4.69) is 54.3 Å². The summed E-state index contributed by atoms with van der Waals surface area (Å²) < 4.78 is 5.94. The molecule has 0 aromatic carbocycles. The molecule has 0 saturated heterocycles. The van der Waals surface area contributed by atoms with Crippen LogP contribution in [0.2, 0.25) is 0 Å². The molecule has 0 atom stereocenters. The molecule has 116 valence electrons. The molecule has 3 heterocycles. The van der Waals surface area contributed by atoms with Gasteiger partial charge in [0.25, 0.3) is 0 Å². The largest absolute Gasteiger partial charge is 1.00 e. The molecule has 3 aromatic heterocycles. The maximum atomic E-state index is 4.66. The van der Waals surface area contributed by atoms with Crippen LogP contribution in [0.1, 0.15) is 35.6 Å². The molecule has 0 unspecified atom stereocenters. The van der Waals surface area contributed by atoms with E-state index in [9.17, 15) is 0 Å². The van der Waals surface area contributed by atoms with Gasteiger partial charge in [-0.1, -0.05) is 0 Å². The van der Waals surface area contributed by atoms with Crippen LogP contribution in [0.5, 0.6) is 0 Å². The summed E-state index contributed by atoms with van der Waals surface area (Å²) in [6.45, 7) is 12.2. The van der Waals surface area contributed by atoms with Crippen molar-refractivity contribution in [2.75, 3.05) is 0 Å². The Bertz CT molecular complexity index is 727. The molecule has 0 aliphatic carbocycles. The first-order chi connectivity index (χ1) is 10.4. The molecule has 0 fully saturated rings. The van der Waals surface area contributed by atoms with Crippen LogP contribution in [0.4, 0.5) is 0 Å². The van der Waals surface area contributed by atoms with Gasteiger partial charge < -0.3 is 1.43 Å². The Kier molecular flexibility index (Phi) is 5.73. The van der Waals surface area contributed by atoms with Crippen molar-refractivity contribution in [1.29, 1.82) is 0 Å². The first-order valence-corrected chi connectivity index (χ1v) is 7.45. The Morgan fingerprint density at radius 1 is 0.652 bits per heavy atom. The van der Waals surface area contributed by atoms with E-state index >= 15 is 0 Å². The van der Waals surface area contributed by atoms with E-state index < -0.39 is 0 Å². The van der Waals surface area contributed by atoms with Gasteiger partial charge in [0.2, 0.25) is 0 Å². The van der Waals surface area contributed by atoms with Crippen molar-refractivity contribution in [1.82, 2.24) is 29.1 Å². The first kappa shape index (κ1) is 18.7. The fraction of sp³-hybridized carbons (Fsp3) is 0.400. The number of hydrogen-bond donors (Lipinski definition) is 0. The molecule has 0 amide bonds. The van der Waals surface area contributed by atoms with Crippen molar-refractivity contribution in [2.24, 2.45) is 0 Å². The van der Waals surface area contributed by atoms with Crippen molar-refractivity contribution in [3.63, 3.8) is 0 Å². The minimum Gasteiger partial charge on any atom is -1.00 e. The predicted molar refractivity (Wildman–Crippen MR) is 88.2 cm³/mol. The Labute approximate surface area is 181 Å². The molecule has 0 saturated carbocycles. The zero-order valence-electron chi connectivity index (χ0n) is 16.0. The molecule has 6 nitrogen and oxygen atoms in total. The standard InChI is InChI=1S/C15H21BN6.K.H/c1-10-7-13(4)20(17-10)16(21-14(5)8-11(2)18-21)22-15(6)9-12(3)19-22;;/h7-9H,1-6H3;;/q;+1;-1. The van der Waals surface area contributed by atoms with Gasteiger partial charge in [-0.3, -0.25) is 13.8 Å². The van der Waals surface area contributed by atoms with E-state index in [0.717, 1.165) is 34.2 Å². The van der Waals surface area contributed by atoms with Gasteiger partial charge in [0.15, 0.2) is 0 Å². The summed E-state index contributed by atoms with van der Waals surface area (Å²) in [6, 6.07) is 6.22. The number of nitrogens with zero attached hydrogens (tertiary/aromatic N) is 6. The van der Waals surface area contributed by atoms with Crippen LogP contribution in [-0.4, -0.2) is 36.2 Å². The normalized spacial score (nSPS) is 10.7. The van der Waals surface area contributed by atoms with E-state index in [1.807, 2.05) is 34.5 Å². The van der Waals surface area contributed by atoms with Gasteiger partial charge >= 0.3 is 58.5 Å². The summed E-state index contributed by atoms with van der Waals surface area (Å²) in [5.41, 5.74) is 6.23. The summed E-state index contributed by atoms with van der Waals surface area (Å²) in [5.74, 6) is 0. The first-order valence-electron chi connectivity index (χ1n) is 7.45. The quantitative estimate of drug-likeness (QED) is 0.587. The number of aromatic nitrogens is 6. The second-order valence-corrected chi connectivity index (χ2v) is 5.96. The Morgan fingerprint density at radius 2 is 0.913 bits per heavy atom. The van der Waals surface area contributed by atoms with E-state index in [1.54, 1.807) is 0 Å². The summed E-state index contributed by atoms with van der Waals surface area (Å²) in [4.78, 5) is 0. The third-order valence-corrected chi connectivity index (χ3v) is 3.79. The van der Waals surface area contributed by atoms with Crippen molar-refractivity contribution in [3.8, 4) is 0 Å². The van der Waals surface area contributed by atoms with E-state index in [1.165, 1.54) is 0 Å². The molecule has 3 aromatic rings. The minimum absolute atomic E-state index is 0. The van der Waals surface area contributed by atoms with Crippen molar-refractivity contribution < 1.29 is 52.8 Å². The Hall–Kier alpha value is -0.669. The van der Waals surface area contributed by atoms with E-state index in [-0.39, 0.29) is 59.9 Å². The van der Waals surface area contributed by atoms with Crippen molar-refractivity contribution in [2.45, 2.75) is 41.5 Å². The molecular weight excluding hydrogens is 314 g/mol. The predicted octanol–water partition coefficient (Wildman–Crippen LogP) is -0.827. The fourth-order valence-electron chi connectivity index (χ4n) is 2.95. The topological polar surface area (TPSA) is 53.5 Å². The van der Waals surface area contributed by atoms with Gasteiger partial charge in [-0.05, 0) is 59.7 Å². The Balaban J connectivity index is 0.00000144. The van der Waals surface area contributed by atoms with Gasteiger partial charge in [-0.25, -0.2) is 0 Å². The molecule has 0 spiro atoms. The molecule has 23 heavy (non-hydrogen) atoms.